The van der Waals surface area contributed by atoms with Crippen LogP contribution in [0.15, 0.2) is 47.7 Å². The fraction of sp³-hybridized carbons (Fsp3) is 0.304. The molecule has 0 spiro atoms. The van der Waals surface area contributed by atoms with Crippen molar-refractivity contribution in [2.45, 2.75) is 32.3 Å². The van der Waals surface area contributed by atoms with Crippen molar-refractivity contribution in [2.24, 2.45) is 0 Å². The van der Waals surface area contributed by atoms with E-state index in [-0.39, 0.29) is 19.2 Å². The molecule has 0 bridgehead atoms. The SMILES string of the molecule is CC(C)(C)OC(=O)N1CC2=C(C1=O)C(c1cccc(Cl)c1)c1cc3c(cc1N2)OCO3. The van der Waals surface area contributed by atoms with E-state index in [1.54, 1.807) is 26.8 Å². The Balaban J connectivity index is 1.60. The van der Waals surface area contributed by atoms with E-state index in [0.29, 0.717) is 27.8 Å². The Morgan fingerprint density at radius 1 is 1.19 bits per heavy atom. The first kappa shape index (κ1) is 19.8. The molecule has 0 saturated carbocycles. The van der Waals surface area contributed by atoms with E-state index in [2.05, 4.69) is 5.32 Å². The Kier molecular flexibility index (Phi) is 4.41. The zero-order valence-corrected chi connectivity index (χ0v) is 18.1. The summed E-state index contributed by atoms with van der Waals surface area (Å²) in [5.41, 5.74) is 2.95. The summed E-state index contributed by atoms with van der Waals surface area (Å²) in [5, 5.41) is 3.89. The summed E-state index contributed by atoms with van der Waals surface area (Å²) in [7, 11) is 0. The molecule has 3 aliphatic heterocycles. The molecule has 3 heterocycles. The fourth-order valence-corrected chi connectivity index (χ4v) is 4.31. The standard InChI is InChI=1S/C23H21ClN2O5/c1-23(2,3)31-22(28)26-10-16-20(21(26)27)19(12-5-4-6-13(24)7-12)14-8-17-18(30-11-29-17)9-15(14)25-16/h4-9,19,25H,10-11H2,1-3H3. The van der Waals surface area contributed by atoms with Gasteiger partial charge in [-0.05, 0) is 50.1 Å². The molecular formula is C23H21ClN2O5. The maximum atomic E-state index is 13.4. The molecular weight excluding hydrogens is 420 g/mol. The number of anilines is 1. The quantitative estimate of drug-likeness (QED) is 0.695. The van der Waals surface area contributed by atoms with E-state index in [4.69, 9.17) is 25.8 Å². The van der Waals surface area contributed by atoms with Crippen LogP contribution < -0.4 is 14.8 Å². The number of halogens is 1. The Morgan fingerprint density at radius 3 is 2.65 bits per heavy atom. The molecule has 160 valence electrons. The van der Waals surface area contributed by atoms with Crippen molar-refractivity contribution in [3.05, 3.63) is 63.8 Å². The molecule has 0 fully saturated rings. The molecule has 7 nitrogen and oxygen atoms in total. The Labute approximate surface area is 184 Å². The zero-order valence-electron chi connectivity index (χ0n) is 17.3. The molecule has 1 atom stereocenters. The summed E-state index contributed by atoms with van der Waals surface area (Å²) in [4.78, 5) is 27.3. The van der Waals surface area contributed by atoms with Gasteiger partial charge in [0.2, 0.25) is 6.79 Å². The van der Waals surface area contributed by atoms with Crippen LogP contribution in [0.1, 0.15) is 37.8 Å². The minimum atomic E-state index is -0.710. The number of rotatable bonds is 1. The lowest BCUT2D eigenvalue weighted by atomic mass is 9.81. The first-order chi connectivity index (χ1) is 14.7. The second-order valence-electron chi connectivity index (χ2n) is 8.67. The lowest BCUT2D eigenvalue weighted by molar-refractivity contribution is -0.125. The van der Waals surface area contributed by atoms with Crippen LogP contribution in [0.25, 0.3) is 0 Å². The number of carbonyl (C=O) groups is 2. The van der Waals surface area contributed by atoms with Crippen molar-refractivity contribution >= 4 is 29.3 Å². The van der Waals surface area contributed by atoms with Crippen molar-refractivity contribution in [1.29, 1.82) is 0 Å². The third kappa shape index (κ3) is 3.39. The highest BCUT2D eigenvalue weighted by atomic mass is 35.5. The number of nitrogens with zero attached hydrogens (tertiary/aromatic N) is 1. The molecule has 0 saturated heterocycles. The third-order valence-corrected chi connectivity index (χ3v) is 5.58. The van der Waals surface area contributed by atoms with Gasteiger partial charge in [-0.25, -0.2) is 9.69 Å². The number of fused-ring (bicyclic) bond motifs is 2. The maximum absolute atomic E-state index is 13.4. The molecule has 8 heteroatoms. The predicted octanol–water partition coefficient (Wildman–Crippen LogP) is 4.66. The van der Waals surface area contributed by atoms with E-state index < -0.39 is 17.6 Å². The van der Waals surface area contributed by atoms with Gasteiger partial charge >= 0.3 is 6.09 Å². The van der Waals surface area contributed by atoms with Crippen LogP contribution in [0.4, 0.5) is 10.5 Å². The normalized spacial score (nSPS) is 19.2. The molecule has 5 rings (SSSR count). The minimum absolute atomic E-state index is 0.105. The zero-order chi connectivity index (χ0) is 21.9. The third-order valence-electron chi connectivity index (χ3n) is 5.34. The summed E-state index contributed by atoms with van der Waals surface area (Å²) in [6.07, 6.45) is -0.670. The van der Waals surface area contributed by atoms with E-state index in [0.717, 1.165) is 21.7 Å². The van der Waals surface area contributed by atoms with E-state index in [1.807, 2.05) is 30.3 Å². The molecule has 1 N–H and O–H groups in total. The Hall–Kier alpha value is -3.19. The summed E-state index contributed by atoms with van der Waals surface area (Å²) in [6.45, 7) is 5.56. The van der Waals surface area contributed by atoms with Crippen LogP contribution >= 0.6 is 11.6 Å². The Bertz CT molecular complexity index is 1150. The number of benzene rings is 2. The van der Waals surface area contributed by atoms with Crippen LogP contribution in [-0.2, 0) is 9.53 Å². The van der Waals surface area contributed by atoms with Crippen molar-refractivity contribution in [2.75, 3.05) is 18.7 Å². The molecule has 2 amide bonds. The summed E-state index contributed by atoms with van der Waals surface area (Å²) in [6, 6.07) is 11.1. The van der Waals surface area contributed by atoms with Gasteiger partial charge in [-0.2, -0.15) is 0 Å². The molecule has 0 aromatic heterocycles. The number of hydrogen-bond acceptors (Lipinski definition) is 6. The molecule has 0 aliphatic carbocycles. The van der Waals surface area contributed by atoms with Crippen LogP contribution in [0.2, 0.25) is 5.02 Å². The van der Waals surface area contributed by atoms with Crippen LogP contribution in [-0.4, -0.2) is 35.8 Å². The van der Waals surface area contributed by atoms with Crippen LogP contribution in [0, 0.1) is 0 Å². The van der Waals surface area contributed by atoms with Crippen molar-refractivity contribution in [1.82, 2.24) is 4.90 Å². The largest absolute Gasteiger partial charge is 0.454 e. The van der Waals surface area contributed by atoms with E-state index in [1.165, 1.54) is 0 Å². The molecule has 0 radical (unpaired) electrons. The van der Waals surface area contributed by atoms with Crippen LogP contribution in [0.3, 0.4) is 0 Å². The number of carbonyl (C=O) groups excluding carboxylic acids is 2. The van der Waals surface area contributed by atoms with E-state index in [9.17, 15) is 9.59 Å². The molecule has 3 aliphatic rings. The summed E-state index contributed by atoms with van der Waals surface area (Å²) >= 11 is 6.27. The van der Waals surface area contributed by atoms with Crippen molar-refractivity contribution in [3.8, 4) is 11.5 Å². The highest BCUT2D eigenvalue weighted by Crippen LogP contribution is 2.49. The van der Waals surface area contributed by atoms with Gasteiger partial charge in [0.1, 0.15) is 5.60 Å². The van der Waals surface area contributed by atoms with Gasteiger partial charge in [0.05, 0.1) is 12.1 Å². The number of ether oxygens (including phenoxy) is 3. The first-order valence-corrected chi connectivity index (χ1v) is 10.3. The molecule has 1 unspecified atom stereocenters. The number of hydrogen-bond donors (Lipinski definition) is 1. The molecule has 2 aromatic rings. The van der Waals surface area contributed by atoms with Crippen molar-refractivity contribution < 1.29 is 23.8 Å². The Morgan fingerprint density at radius 2 is 1.94 bits per heavy atom. The van der Waals surface area contributed by atoms with Crippen molar-refractivity contribution in [3.63, 3.8) is 0 Å². The topological polar surface area (TPSA) is 77.1 Å². The smallest absolute Gasteiger partial charge is 0.417 e. The van der Waals surface area contributed by atoms with Gasteiger partial charge < -0.3 is 19.5 Å². The second-order valence-corrected chi connectivity index (χ2v) is 9.11. The lowest BCUT2D eigenvalue weighted by Gasteiger charge is -2.28. The summed E-state index contributed by atoms with van der Waals surface area (Å²) in [5.74, 6) is 0.448. The monoisotopic (exact) mass is 440 g/mol. The summed E-state index contributed by atoms with van der Waals surface area (Å²) < 4.78 is 16.5. The maximum Gasteiger partial charge on any atom is 0.417 e. The second kappa shape index (κ2) is 6.92. The van der Waals surface area contributed by atoms with Gasteiger partial charge in [-0.15, -0.1) is 0 Å². The highest BCUT2D eigenvalue weighted by Gasteiger charge is 2.44. The fourth-order valence-electron chi connectivity index (χ4n) is 4.11. The average molecular weight is 441 g/mol. The van der Waals surface area contributed by atoms with Crippen LogP contribution in [0.5, 0.6) is 11.5 Å². The predicted molar refractivity (Wildman–Crippen MR) is 114 cm³/mol. The van der Waals surface area contributed by atoms with Gasteiger partial charge in [0.15, 0.2) is 11.5 Å². The molecule has 2 aromatic carbocycles. The average Bonchev–Trinajstić information content (AvgIpc) is 3.27. The molecule has 31 heavy (non-hydrogen) atoms. The van der Waals surface area contributed by atoms with Gasteiger partial charge in [-0.1, -0.05) is 23.7 Å². The number of imide groups is 1. The number of amides is 2. The minimum Gasteiger partial charge on any atom is -0.454 e. The van der Waals surface area contributed by atoms with Gasteiger partial charge in [-0.3, -0.25) is 4.79 Å². The number of nitrogens with one attached hydrogen (secondary N) is 1. The van der Waals surface area contributed by atoms with E-state index >= 15 is 0 Å². The highest BCUT2D eigenvalue weighted by molar-refractivity contribution is 6.30. The lowest BCUT2D eigenvalue weighted by Crippen LogP contribution is -2.39. The van der Waals surface area contributed by atoms with Gasteiger partial charge in [0, 0.05) is 28.4 Å². The first-order valence-electron chi connectivity index (χ1n) is 9.95. The van der Waals surface area contributed by atoms with Gasteiger partial charge in [0.25, 0.3) is 5.91 Å².